The lowest BCUT2D eigenvalue weighted by atomic mass is 10.3. The number of halogens is 2. The van der Waals surface area contributed by atoms with Crippen LogP contribution in [0.15, 0.2) is 28.0 Å². The van der Waals surface area contributed by atoms with Crippen LogP contribution in [0.3, 0.4) is 0 Å². The molecule has 4 nitrogen and oxygen atoms in total. The number of aliphatic hydroxyl groups excluding tert-OH is 1. The van der Waals surface area contributed by atoms with Crippen LogP contribution >= 0.6 is 27.5 Å². The van der Waals surface area contributed by atoms with E-state index in [1.54, 1.807) is 0 Å². The van der Waals surface area contributed by atoms with E-state index in [-0.39, 0.29) is 11.9 Å². The van der Waals surface area contributed by atoms with E-state index in [4.69, 9.17) is 22.4 Å². The molecule has 0 aliphatic carbocycles. The summed E-state index contributed by atoms with van der Waals surface area (Å²) in [5.41, 5.74) is 5.86. The molecule has 0 aromatic heterocycles. The Kier molecular flexibility index (Phi) is 8.46. The molecule has 6 heteroatoms. The second-order valence-corrected chi connectivity index (χ2v) is 4.01. The quantitative estimate of drug-likeness (QED) is 0.220. The van der Waals surface area contributed by atoms with Gasteiger partial charge in [-0.25, -0.2) is 4.99 Å². The van der Waals surface area contributed by atoms with Gasteiger partial charge in [0.2, 0.25) is 0 Å². The molecule has 0 aromatic carbocycles. The summed E-state index contributed by atoms with van der Waals surface area (Å²) in [6.45, 7) is 4.75. The molecular weight excluding hydrogens is 281 g/mol. The lowest BCUT2D eigenvalue weighted by Gasteiger charge is -2.07. The van der Waals surface area contributed by atoms with E-state index >= 15 is 0 Å². The number of nitrogens with zero attached hydrogens (tertiary/aromatic N) is 1. The van der Waals surface area contributed by atoms with Crippen LogP contribution in [-0.4, -0.2) is 23.6 Å². The highest BCUT2D eigenvalue weighted by Gasteiger charge is 1.97. The Morgan fingerprint density at radius 2 is 2.27 bits per heavy atom. The third kappa shape index (κ3) is 8.47. The summed E-state index contributed by atoms with van der Waals surface area (Å²) in [5.74, 6) is 0. The minimum atomic E-state index is -0.0277. The number of allylic oxidation sites excluding steroid dienone is 1. The highest BCUT2D eigenvalue weighted by Crippen LogP contribution is 2.12. The van der Waals surface area contributed by atoms with Gasteiger partial charge in [-0.1, -0.05) is 6.58 Å². The Bertz CT molecular complexity index is 262. The monoisotopic (exact) mass is 295 g/mol. The van der Waals surface area contributed by atoms with Crippen LogP contribution in [0.4, 0.5) is 0 Å². The molecule has 15 heavy (non-hydrogen) atoms. The maximum atomic E-state index is 8.57. The maximum absolute atomic E-state index is 8.57. The Morgan fingerprint density at radius 3 is 2.80 bits per heavy atom. The van der Waals surface area contributed by atoms with E-state index in [1.165, 1.54) is 6.20 Å². The van der Waals surface area contributed by atoms with Crippen LogP contribution in [0.25, 0.3) is 0 Å². The summed E-state index contributed by atoms with van der Waals surface area (Å²) >= 11 is 8.63. The van der Waals surface area contributed by atoms with Gasteiger partial charge in [-0.2, -0.15) is 0 Å². The van der Waals surface area contributed by atoms with Crippen LogP contribution in [0.2, 0.25) is 0 Å². The van der Waals surface area contributed by atoms with Crippen LogP contribution in [0, 0.1) is 0 Å². The first-order valence-electron chi connectivity index (χ1n) is 4.46. The molecule has 0 radical (unpaired) electrons. The SMILES string of the molecule is C=C(NCCCCO)/C(Br)=C\N=C(/N)Cl. The van der Waals surface area contributed by atoms with Gasteiger partial charge in [0.05, 0.1) is 4.48 Å². The van der Waals surface area contributed by atoms with Gasteiger partial charge < -0.3 is 16.2 Å². The number of amidine groups is 1. The van der Waals surface area contributed by atoms with Crippen LogP contribution in [-0.2, 0) is 0 Å². The zero-order valence-corrected chi connectivity index (χ0v) is 10.7. The second kappa shape index (κ2) is 8.76. The van der Waals surface area contributed by atoms with Crippen molar-refractivity contribution in [3.63, 3.8) is 0 Å². The van der Waals surface area contributed by atoms with Crippen LogP contribution < -0.4 is 11.1 Å². The van der Waals surface area contributed by atoms with Gasteiger partial charge in [-0.3, -0.25) is 0 Å². The number of nitrogens with one attached hydrogen (secondary N) is 1. The van der Waals surface area contributed by atoms with Crippen molar-refractivity contribution in [2.75, 3.05) is 13.2 Å². The number of aliphatic hydroxyl groups is 1. The molecule has 0 aromatic rings. The van der Waals surface area contributed by atoms with Crippen molar-refractivity contribution < 1.29 is 5.11 Å². The molecule has 0 fully saturated rings. The molecule has 0 heterocycles. The average molecular weight is 297 g/mol. The summed E-state index contributed by atoms with van der Waals surface area (Å²) in [4.78, 5) is 3.70. The van der Waals surface area contributed by atoms with Gasteiger partial charge in [0.1, 0.15) is 0 Å². The van der Waals surface area contributed by atoms with E-state index in [0.717, 1.165) is 19.4 Å². The molecule has 4 N–H and O–H groups in total. The largest absolute Gasteiger partial charge is 0.396 e. The number of hydrogen-bond donors (Lipinski definition) is 3. The minimum absolute atomic E-state index is 0.0277. The normalized spacial score (nSPS) is 12.7. The third-order valence-electron chi connectivity index (χ3n) is 1.51. The molecule has 0 bridgehead atoms. The first kappa shape index (κ1) is 14.5. The first-order chi connectivity index (χ1) is 7.07. The highest BCUT2D eigenvalue weighted by atomic mass is 79.9. The Labute approximate surface area is 103 Å². The lowest BCUT2D eigenvalue weighted by molar-refractivity contribution is 0.284. The maximum Gasteiger partial charge on any atom is 0.193 e. The zero-order valence-electron chi connectivity index (χ0n) is 8.34. The molecule has 0 aliphatic rings. The molecular formula is C9H15BrClN3O. The number of unbranched alkanes of at least 4 members (excludes halogenated alkanes) is 1. The molecule has 0 spiro atoms. The van der Waals surface area contributed by atoms with Crippen molar-refractivity contribution in [3.8, 4) is 0 Å². The average Bonchev–Trinajstić information content (AvgIpc) is 2.20. The minimum Gasteiger partial charge on any atom is -0.396 e. The number of rotatable bonds is 7. The highest BCUT2D eigenvalue weighted by molar-refractivity contribution is 9.11. The Hall–Kier alpha value is -0.520. The fourth-order valence-electron chi connectivity index (χ4n) is 0.757. The topological polar surface area (TPSA) is 70.6 Å². The fourth-order valence-corrected chi connectivity index (χ4v) is 1.05. The van der Waals surface area contributed by atoms with Gasteiger partial charge >= 0.3 is 0 Å². The van der Waals surface area contributed by atoms with Crippen LogP contribution in [0.1, 0.15) is 12.8 Å². The van der Waals surface area contributed by atoms with Gasteiger partial charge in [-0.05, 0) is 40.4 Å². The van der Waals surface area contributed by atoms with E-state index in [0.29, 0.717) is 10.2 Å². The van der Waals surface area contributed by atoms with Crippen molar-refractivity contribution in [2.24, 2.45) is 10.7 Å². The fraction of sp³-hybridized carbons (Fsp3) is 0.444. The van der Waals surface area contributed by atoms with Crippen molar-refractivity contribution in [2.45, 2.75) is 12.8 Å². The predicted octanol–water partition coefficient (Wildman–Crippen LogP) is 1.65. The van der Waals surface area contributed by atoms with E-state index in [2.05, 4.69) is 32.8 Å². The van der Waals surface area contributed by atoms with Crippen LogP contribution in [0.5, 0.6) is 0 Å². The third-order valence-corrected chi connectivity index (χ3v) is 2.29. The van der Waals surface area contributed by atoms with Crippen molar-refractivity contribution in [1.29, 1.82) is 0 Å². The number of aliphatic imine (C=N–C) groups is 1. The van der Waals surface area contributed by atoms with E-state index in [1.807, 2.05) is 0 Å². The molecule has 0 saturated heterocycles. The van der Waals surface area contributed by atoms with Gasteiger partial charge in [0.15, 0.2) is 5.29 Å². The Balaban J connectivity index is 3.89. The van der Waals surface area contributed by atoms with Gasteiger partial charge in [0.25, 0.3) is 0 Å². The standard InChI is InChI=1S/C9H15BrClN3O/c1-7(13-4-2-3-5-15)8(10)6-14-9(11)12/h6,13,15H,1-5H2,(H2,12,14)/b8-6+. The van der Waals surface area contributed by atoms with Crippen molar-refractivity contribution in [1.82, 2.24) is 5.32 Å². The zero-order chi connectivity index (χ0) is 11.7. The van der Waals surface area contributed by atoms with E-state index in [9.17, 15) is 0 Å². The molecule has 0 aliphatic heterocycles. The van der Waals surface area contributed by atoms with Gasteiger partial charge in [0, 0.05) is 25.0 Å². The Morgan fingerprint density at radius 1 is 1.60 bits per heavy atom. The second-order valence-electron chi connectivity index (χ2n) is 2.76. The molecule has 0 atom stereocenters. The molecule has 0 amide bonds. The smallest absolute Gasteiger partial charge is 0.193 e. The predicted molar refractivity (Wildman–Crippen MR) is 67.9 cm³/mol. The van der Waals surface area contributed by atoms with E-state index < -0.39 is 0 Å². The summed E-state index contributed by atoms with van der Waals surface area (Å²) in [6, 6.07) is 0. The molecule has 86 valence electrons. The summed E-state index contributed by atoms with van der Waals surface area (Å²) in [6.07, 6.45) is 3.13. The summed E-state index contributed by atoms with van der Waals surface area (Å²) in [5, 5.41) is 11.6. The molecule has 0 saturated carbocycles. The molecule has 0 rings (SSSR count). The molecule has 0 unspecified atom stereocenters. The van der Waals surface area contributed by atoms with Gasteiger partial charge in [-0.15, -0.1) is 0 Å². The number of nitrogens with two attached hydrogens (primary N) is 1. The van der Waals surface area contributed by atoms with Crippen molar-refractivity contribution in [3.05, 3.63) is 23.0 Å². The summed E-state index contributed by atoms with van der Waals surface area (Å²) in [7, 11) is 0. The number of hydrogen-bond acceptors (Lipinski definition) is 3. The first-order valence-corrected chi connectivity index (χ1v) is 5.63. The van der Waals surface area contributed by atoms with Crippen molar-refractivity contribution >= 4 is 32.8 Å². The lowest BCUT2D eigenvalue weighted by Crippen LogP contribution is -2.14. The summed E-state index contributed by atoms with van der Waals surface area (Å²) < 4.78 is 0.690.